The molecule has 1 aromatic heterocycles. The summed E-state index contributed by atoms with van der Waals surface area (Å²) >= 11 is 0. The van der Waals surface area contributed by atoms with E-state index >= 15 is 0 Å². The lowest BCUT2D eigenvalue weighted by atomic mass is 10.2. The van der Waals surface area contributed by atoms with E-state index in [4.69, 9.17) is 0 Å². The third kappa shape index (κ3) is 1.52. The Morgan fingerprint density at radius 1 is 1.38 bits per heavy atom. The molecule has 0 N–H and O–H groups in total. The molecule has 0 fully saturated rings. The van der Waals surface area contributed by atoms with Gasteiger partial charge in [0, 0.05) is 13.0 Å². The van der Waals surface area contributed by atoms with Gasteiger partial charge in [0.2, 0.25) is 0 Å². The first kappa shape index (κ1) is 11.1. The van der Waals surface area contributed by atoms with Crippen LogP contribution in [0, 0.1) is 6.92 Å². The van der Waals surface area contributed by atoms with Crippen molar-refractivity contribution in [2.24, 2.45) is 0 Å². The molecular formula is C12H13ClN2O. The first-order chi connectivity index (χ1) is 7.25. The molecule has 1 aromatic carbocycles. The molecule has 1 aliphatic heterocycles. The number of aryl methyl sites for hydroxylation is 2. The Hall–Kier alpha value is -1.35. The fraction of sp³-hybridized carbons (Fsp3) is 0.333. The van der Waals surface area contributed by atoms with Gasteiger partial charge in [0.05, 0.1) is 10.9 Å². The van der Waals surface area contributed by atoms with Gasteiger partial charge >= 0.3 is 0 Å². The Morgan fingerprint density at radius 3 is 3.00 bits per heavy atom. The lowest BCUT2D eigenvalue weighted by Crippen LogP contribution is -2.20. The van der Waals surface area contributed by atoms with Gasteiger partial charge in [-0.2, -0.15) is 0 Å². The van der Waals surface area contributed by atoms with E-state index < -0.39 is 0 Å². The summed E-state index contributed by atoms with van der Waals surface area (Å²) < 4.78 is 1.81. The van der Waals surface area contributed by atoms with Crippen LogP contribution in [0.2, 0.25) is 0 Å². The summed E-state index contributed by atoms with van der Waals surface area (Å²) in [6, 6.07) is 5.86. The van der Waals surface area contributed by atoms with E-state index in [1.165, 1.54) is 0 Å². The molecule has 3 rings (SSSR count). The molecule has 0 spiro atoms. The molecule has 3 nitrogen and oxygen atoms in total. The Labute approximate surface area is 99.5 Å². The second-order valence-electron chi connectivity index (χ2n) is 4.11. The van der Waals surface area contributed by atoms with Crippen LogP contribution in [-0.4, -0.2) is 9.55 Å². The smallest absolute Gasteiger partial charge is 0.261 e. The van der Waals surface area contributed by atoms with Crippen molar-refractivity contribution in [3.8, 4) is 0 Å². The van der Waals surface area contributed by atoms with Gasteiger partial charge < -0.3 is 0 Å². The predicted octanol–water partition coefficient (Wildman–Crippen LogP) is 2.07. The number of hydrogen-bond acceptors (Lipinski definition) is 2. The molecule has 2 aromatic rings. The fourth-order valence-electron chi connectivity index (χ4n) is 2.20. The molecule has 0 saturated carbocycles. The van der Waals surface area contributed by atoms with Gasteiger partial charge in [-0.3, -0.25) is 9.36 Å². The molecule has 0 aliphatic carbocycles. The second-order valence-corrected chi connectivity index (χ2v) is 4.11. The Balaban J connectivity index is 0.000000963. The van der Waals surface area contributed by atoms with Crippen molar-refractivity contribution in [3.63, 3.8) is 0 Å². The molecular weight excluding hydrogens is 224 g/mol. The average Bonchev–Trinajstić information content (AvgIpc) is 2.68. The Bertz CT molecular complexity index is 604. The number of benzene rings is 1. The molecule has 2 heterocycles. The van der Waals surface area contributed by atoms with Gasteiger partial charge in [-0.15, -0.1) is 12.4 Å². The summed E-state index contributed by atoms with van der Waals surface area (Å²) in [5, 5.41) is 0.751. The molecule has 1 aliphatic rings. The van der Waals surface area contributed by atoms with Crippen molar-refractivity contribution < 1.29 is 0 Å². The van der Waals surface area contributed by atoms with Crippen molar-refractivity contribution in [2.45, 2.75) is 26.3 Å². The molecule has 0 amide bonds. The molecule has 0 unspecified atom stereocenters. The van der Waals surface area contributed by atoms with Crippen LogP contribution in [-0.2, 0) is 13.0 Å². The van der Waals surface area contributed by atoms with Gasteiger partial charge in [0.25, 0.3) is 5.56 Å². The number of aromatic nitrogens is 2. The Kier molecular flexibility index (Phi) is 2.72. The van der Waals surface area contributed by atoms with Crippen LogP contribution in [0.4, 0.5) is 0 Å². The summed E-state index contributed by atoms with van der Waals surface area (Å²) in [6.45, 7) is 2.82. The highest BCUT2D eigenvalue weighted by atomic mass is 35.5. The van der Waals surface area contributed by atoms with Crippen LogP contribution >= 0.6 is 12.4 Å². The molecule has 0 radical (unpaired) electrons. The van der Waals surface area contributed by atoms with Gasteiger partial charge in [-0.1, -0.05) is 11.6 Å². The second kappa shape index (κ2) is 3.91. The maximum atomic E-state index is 12.1. The zero-order valence-electron chi connectivity index (χ0n) is 9.06. The molecule has 0 bridgehead atoms. The van der Waals surface area contributed by atoms with E-state index in [1.807, 2.05) is 29.7 Å². The number of halogens is 1. The van der Waals surface area contributed by atoms with E-state index in [2.05, 4.69) is 4.98 Å². The zero-order valence-corrected chi connectivity index (χ0v) is 9.88. The molecule has 0 atom stereocenters. The highest BCUT2D eigenvalue weighted by molar-refractivity contribution is 5.85. The van der Waals surface area contributed by atoms with Gasteiger partial charge in [0.1, 0.15) is 5.82 Å². The number of hydrogen-bond donors (Lipinski definition) is 0. The fourth-order valence-corrected chi connectivity index (χ4v) is 2.20. The van der Waals surface area contributed by atoms with Crippen LogP contribution in [0.15, 0.2) is 23.0 Å². The summed E-state index contributed by atoms with van der Waals surface area (Å²) in [5.74, 6) is 0.941. The van der Waals surface area contributed by atoms with Crippen LogP contribution in [0.25, 0.3) is 10.9 Å². The topological polar surface area (TPSA) is 34.9 Å². The number of fused-ring (bicyclic) bond motifs is 2. The van der Waals surface area contributed by atoms with Crippen LogP contribution < -0.4 is 5.56 Å². The standard InChI is InChI=1S/C12H12N2O.ClH/c1-8-4-5-10-9(7-8)12(15)14-6-2-3-11(14)13-10;/h4-5,7H,2-3,6H2,1H3;1H. The largest absolute Gasteiger partial charge is 0.296 e. The number of nitrogens with zero attached hydrogens (tertiary/aromatic N) is 2. The number of rotatable bonds is 0. The van der Waals surface area contributed by atoms with E-state index in [0.29, 0.717) is 0 Å². The lowest BCUT2D eigenvalue weighted by molar-refractivity contribution is 0.719. The van der Waals surface area contributed by atoms with E-state index in [1.54, 1.807) is 0 Å². The highest BCUT2D eigenvalue weighted by Crippen LogP contribution is 2.15. The monoisotopic (exact) mass is 236 g/mol. The van der Waals surface area contributed by atoms with Crippen molar-refractivity contribution in [3.05, 3.63) is 39.9 Å². The first-order valence-electron chi connectivity index (χ1n) is 5.26. The van der Waals surface area contributed by atoms with Gasteiger partial charge in [-0.05, 0) is 25.5 Å². The van der Waals surface area contributed by atoms with Crippen LogP contribution in [0.5, 0.6) is 0 Å². The van der Waals surface area contributed by atoms with Crippen molar-refractivity contribution >= 4 is 23.3 Å². The van der Waals surface area contributed by atoms with Crippen LogP contribution in [0.1, 0.15) is 17.8 Å². The SMILES string of the molecule is Cc1ccc2nc3n(c(=O)c2c1)CCC3.Cl. The lowest BCUT2D eigenvalue weighted by Gasteiger charge is -2.04. The van der Waals surface area contributed by atoms with E-state index in [-0.39, 0.29) is 18.0 Å². The Morgan fingerprint density at radius 2 is 2.19 bits per heavy atom. The normalized spacial score (nSPS) is 13.6. The predicted molar refractivity (Wildman–Crippen MR) is 66.3 cm³/mol. The minimum atomic E-state index is 0. The molecule has 84 valence electrons. The van der Waals surface area contributed by atoms with Crippen molar-refractivity contribution in [1.29, 1.82) is 0 Å². The van der Waals surface area contributed by atoms with Gasteiger partial charge in [-0.25, -0.2) is 4.98 Å². The van der Waals surface area contributed by atoms with Crippen molar-refractivity contribution in [2.75, 3.05) is 0 Å². The third-order valence-electron chi connectivity index (χ3n) is 2.97. The van der Waals surface area contributed by atoms with E-state index in [9.17, 15) is 4.79 Å². The average molecular weight is 237 g/mol. The van der Waals surface area contributed by atoms with Crippen molar-refractivity contribution in [1.82, 2.24) is 9.55 Å². The minimum absolute atomic E-state index is 0. The molecule has 16 heavy (non-hydrogen) atoms. The van der Waals surface area contributed by atoms with E-state index in [0.717, 1.165) is 41.7 Å². The minimum Gasteiger partial charge on any atom is -0.296 e. The summed E-state index contributed by atoms with van der Waals surface area (Å²) in [4.78, 5) is 16.6. The zero-order chi connectivity index (χ0) is 10.4. The maximum Gasteiger partial charge on any atom is 0.261 e. The van der Waals surface area contributed by atoms with Gasteiger partial charge in [0.15, 0.2) is 0 Å². The first-order valence-corrected chi connectivity index (χ1v) is 5.26. The molecule has 4 heteroatoms. The molecule has 0 saturated heterocycles. The van der Waals surface area contributed by atoms with Crippen LogP contribution in [0.3, 0.4) is 0 Å². The summed E-state index contributed by atoms with van der Waals surface area (Å²) in [6.07, 6.45) is 1.97. The summed E-state index contributed by atoms with van der Waals surface area (Å²) in [5.41, 5.74) is 2.06. The maximum absolute atomic E-state index is 12.1. The highest BCUT2D eigenvalue weighted by Gasteiger charge is 2.15. The quantitative estimate of drug-likeness (QED) is 0.702. The third-order valence-corrected chi connectivity index (χ3v) is 2.97. The summed E-state index contributed by atoms with van der Waals surface area (Å²) in [7, 11) is 0.